The third-order valence-electron chi connectivity index (χ3n) is 2.19. The van der Waals surface area contributed by atoms with Crippen molar-refractivity contribution in [3.63, 3.8) is 0 Å². The van der Waals surface area contributed by atoms with Crippen molar-refractivity contribution < 1.29 is 12.9 Å². The van der Waals surface area contributed by atoms with Crippen molar-refractivity contribution in [1.82, 2.24) is 5.16 Å². The van der Waals surface area contributed by atoms with Crippen LogP contribution in [-0.4, -0.2) is 13.6 Å². The first-order valence-electron chi connectivity index (χ1n) is 4.45. The second-order valence-electron chi connectivity index (χ2n) is 3.37. The smallest absolute Gasteiger partial charge is 0.248 e. The molecule has 0 saturated carbocycles. The summed E-state index contributed by atoms with van der Waals surface area (Å²) < 4.78 is 27.9. The zero-order valence-corrected chi connectivity index (χ0v) is 10.4. The van der Waals surface area contributed by atoms with Crippen LogP contribution in [0, 0.1) is 13.8 Å². The number of aromatic nitrogens is 1. The molecule has 0 spiro atoms. The van der Waals surface area contributed by atoms with Gasteiger partial charge in [-0.3, -0.25) is 0 Å². The molecule has 0 aromatic carbocycles. The standard InChI is InChI=1S/C9H10N2O3S2/c1-5-8(6(2)14-11-5)7-3-4-15-9(7)16(10,12)13/h3-4H,1-2H3,(H2,10,12,13). The Morgan fingerprint density at radius 3 is 2.62 bits per heavy atom. The summed E-state index contributed by atoms with van der Waals surface area (Å²) in [6.45, 7) is 3.50. The maximum Gasteiger partial charge on any atom is 0.248 e. The first kappa shape index (κ1) is 11.3. The summed E-state index contributed by atoms with van der Waals surface area (Å²) in [4.78, 5) is 0. The molecule has 0 unspecified atom stereocenters. The number of sulfonamides is 1. The van der Waals surface area contributed by atoms with Crippen molar-refractivity contribution in [2.24, 2.45) is 5.14 Å². The van der Waals surface area contributed by atoms with Gasteiger partial charge in [0.2, 0.25) is 10.0 Å². The van der Waals surface area contributed by atoms with Crippen LogP contribution < -0.4 is 5.14 Å². The van der Waals surface area contributed by atoms with E-state index in [1.54, 1.807) is 25.3 Å². The second kappa shape index (κ2) is 3.69. The molecule has 0 saturated heterocycles. The third-order valence-corrected chi connectivity index (χ3v) is 4.62. The Morgan fingerprint density at radius 1 is 1.44 bits per heavy atom. The van der Waals surface area contributed by atoms with E-state index in [4.69, 9.17) is 9.66 Å². The average molecular weight is 258 g/mol. The summed E-state index contributed by atoms with van der Waals surface area (Å²) in [6.07, 6.45) is 0. The van der Waals surface area contributed by atoms with Gasteiger partial charge in [-0.1, -0.05) is 5.16 Å². The van der Waals surface area contributed by atoms with Crippen molar-refractivity contribution in [2.75, 3.05) is 0 Å². The molecular formula is C9H10N2O3S2. The topological polar surface area (TPSA) is 86.2 Å². The molecule has 0 atom stereocenters. The molecule has 2 aromatic rings. The molecule has 0 radical (unpaired) electrons. The lowest BCUT2D eigenvalue weighted by molar-refractivity contribution is 0.393. The van der Waals surface area contributed by atoms with Gasteiger partial charge in [0.1, 0.15) is 9.97 Å². The summed E-state index contributed by atoms with van der Waals surface area (Å²) in [5, 5.41) is 10.6. The molecule has 2 heterocycles. The Balaban J connectivity index is 2.72. The molecule has 0 amide bonds. The fourth-order valence-electron chi connectivity index (χ4n) is 1.57. The molecule has 16 heavy (non-hydrogen) atoms. The minimum Gasteiger partial charge on any atom is -0.361 e. The molecule has 0 bridgehead atoms. The number of aryl methyl sites for hydroxylation is 2. The predicted octanol–water partition coefficient (Wildman–Crippen LogP) is 1.67. The lowest BCUT2D eigenvalue weighted by Gasteiger charge is -2.00. The summed E-state index contributed by atoms with van der Waals surface area (Å²) in [5.41, 5.74) is 1.91. The predicted molar refractivity (Wildman–Crippen MR) is 60.7 cm³/mol. The van der Waals surface area contributed by atoms with E-state index < -0.39 is 10.0 Å². The largest absolute Gasteiger partial charge is 0.361 e. The fourth-order valence-corrected chi connectivity index (χ4v) is 3.37. The van der Waals surface area contributed by atoms with E-state index in [2.05, 4.69) is 5.16 Å². The molecule has 5 nitrogen and oxygen atoms in total. The number of hydrogen-bond donors (Lipinski definition) is 1. The highest BCUT2D eigenvalue weighted by Crippen LogP contribution is 2.35. The maximum absolute atomic E-state index is 11.4. The number of nitrogens with zero attached hydrogens (tertiary/aromatic N) is 1. The van der Waals surface area contributed by atoms with Gasteiger partial charge >= 0.3 is 0 Å². The average Bonchev–Trinajstić information content (AvgIpc) is 2.72. The normalized spacial score (nSPS) is 11.9. The van der Waals surface area contributed by atoms with Crippen molar-refractivity contribution in [3.8, 4) is 11.1 Å². The number of primary sulfonamides is 1. The fraction of sp³-hybridized carbons (Fsp3) is 0.222. The maximum atomic E-state index is 11.4. The molecule has 7 heteroatoms. The van der Waals surface area contributed by atoms with Crippen LogP contribution in [0.15, 0.2) is 20.2 Å². The van der Waals surface area contributed by atoms with Crippen molar-refractivity contribution in [1.29, 1.82) is 0 Å². The molecule has 0 aliphatic rings. The minimum atomic E-state index is -3.70. The Kier molecular flexibility index (Phi) is 2.61. The number of rotatable bonds is 2. The van der Waals surface area contributed by atoms with Crippen molar-refractivity contribution in [2.45, 2.75) is 18.1 Å². The van der Waals surface area contributed by atoms with Gasteiger partial charge in [0, 0.05) is 11.1 Å². The van der Waals surface area contributed by atoms with E-state index in [0.717, 1.165) is 11.3 Å². The first-order chi connectivity index (χ1) is 7.41. The van der Waals surface area contributed by atoms with E-state index >= 15 is 0 Å². The van der Waals surface area contributed by atoms with Crippen molar-refractivity contribution >= 4 is 21.4 Å². The second-order valence-corrected chi connectivity index (χ2v) is 6.04. The van der Waals surface area contributed by atoms with Crippen LogP contribution in [0.2, 0.25) is 0 Å². The minimum absolute atomic E-state index is 0.141. The van der Waals surface area contributed by atoms with Crippen LogP contribution in [0.1, 0.15) is 11.5 Å². The first-order valence-corrected chi connectivity index (χ1v) is 6.87. The highest BCUT2D eigenvalue weighted by Gasteiger charge is 2.21. The Hall–Kier alpha value is -1.18. The van der Waals surface area contributed by atoms with E-state index in [-0.39, 0.29) is 4.21 Å². The van der Waals surface area contributed by atoms with Crippen LogP contribution in [0.5, 0.6) is 0 Å². The molecule has 0 fully saturated rings. The van der Waals surface area contributed by atoms with Gasteiger partial charge in [0.25, 0.3) is 0 Å². The van der Waals surface area contributed by atoms with Gasteiger partial charge in [-0.2, -0.15) is 0 Å². The van der Waals surface area contributed by atoms with Crippen LogP contribution in [-0.2, 0) is 10.0 Å². The van der Waals surface area contributed by atoms with Crippen molar-refractivity contribution in [3.05, 3.63) is 22.9 Å². The summed E-state index contributed by atoms with van der Waals surface area (Å²) >= 11 is 1.09. The molecule has 0 aliphatic carbocycles. The van der Waals surface area contributed by atoms with E-state index in [9.17, 15) is 8.42 Å². The van der Waals surface area contributed by atoms with Gasteiger partial charge in [-0.15, -0.1) is 11.3 Å². The molecule has 2 aromatic heterocycles. The molecule has 2 rings (SSSR count). The monoisotopic (exact) mass is 258 g/mol. The van der Waals surface area contributed by atoms with Gasteiger partial charge < -0.3 is 4.52 Å². The van der Waals surface area contributed by atoms with E-state index in [1.807, 2.05) is 0 Å². The Morgan fingerprint density at radius 2 is 2.12 bits per heavy atom. The van der Waals surface area contributed by atoms with Gasteiger partial charge in [0.05, 0.1) is 5.69 Å². The lowest BCUT2D eigenvalue weighted by atomic mass is 10.1. The SMILES string of the molecule is Cc1noc(C)c1-c1ccsc1S(N)(=O)=O. The summed E-state index contributed by atoms with van der Waals surface area (Å²) in [5.74, 6) is 0.584. The molecule has 0 aliphatic heterocycles. The highest BCUT2D eigenvalue weighted by molar-refractivity contribution is 7.91. The van der Waals surface area contributed by atoms with E-state index in [0.29, 0.717) is 22.6 Å². The quantitative estimate of drug-likeness (QED) is 0.887. The highest BCUT2D eigenvalue weighted by atomic mass is 32.2. The third kappa shape index (κ3) is 1.77. The summed E-state index contributed by atoms with van der Waals surface area (Å²) in [6, 6.07) is 1.71. The van der Waals surface area contributed by atoms with Crippen LogP contribution in [0.4, 0.5) is 0 Å². The van der Waals surface area contributed by atoms with E-state index in [1.165, 1.54) is 0 Å². The number of hydrogen-bond acceptors (Lipinski definition) is 5. The zero-order valence-electron chi connectivity index (χ0n) is 8.72. The molecule has 2 N–H and O–H groups in total. The number of nitrogens with two attached hydrogens (primary N) is 1. The Labute approximate surface area is 96.9 Å². The van der Waals surface area contributed by atoms with Gasteiger partial charge in [0.15, 0.2) is 0 Å². The number of thiophene rings is 1. The van der Waals surface area contributed by atoms with Crippen LogP contribution in [0.3, 0.4) is 0 Å². The Bertz CT molecular complexity index is 605. The molecular weight excluding hydrogens is 248 g/mol. The zero-order chi connectivity index (χ0) is 11.9. The lowest BCUT2D eigenvalue weighted by Crippen LogP contribution is -2.11. The summed E-state index contributed by atoms with van der Waals surface area (Å²) in [7, 11) is -3.70. The van der Waals surface area contributed by atoms with Crippen LogP contribution >= 0.6 is 11.3 Å². The molecule has 86 valence electrons. The van der Waals surface area contributed by atoms with Gasteiger partial charge in [-0.25, -0.2) is 13.6 Å². The van der Waals surface area contributed by atoms with Crippen LogP contribution in [0.25, 0.3) is 11.1 Å². The van der Waals surface area contributed by atoms with Gasteiger partial charge in [-0.05, 0) is 25.3 Å².